The van der Waals surface area contributed by atoms with E-state index in [1.54, 1.807) is 18.7 Å². The van der Waals surface area contributed by atoms with Crippen molar-refractivity contribution in [1.29, 1.82) is 0 Å². The van der Waals surface area contributed by atoms with E-state index in [-0.39, 0.29) is 17.4 Å². The van der Waals surface area contributed by atoms with Crippen LogP contribution in [0.3, 0.4) is 0 Å². The maximum Gasteiger partial charge on any atom is 0.341 e. The number of hydrogen-bond acceptors (Lipinski definition) is 7. The smallest absolute Gasteiger partial charge is 0.341 e. The molecule has 1 N–H and O–H groups in total. The van der Waals surface area contributed by atoms with Gasteiger partial charge >= 0.3 is 5.97 Å². The van der Waals surface area contributed by atoms with E-state index >= 15 is 0 Å². The molecule has 1 aromatic carbocycles. The van der Waals surface area contributed by atoms with Crippen LogP contribution in [0.5, 0.6) is 0 Å². The van der Waals surface area contributed by atoms with E-state index in [0.717, 1.165) is 41.2 Å². The molecule has 1 fully saturated rings. The zero-order valence-electron chi connectivity index (χ0n) is 17.2. The van der Waals surface area contributed by atoms with E-state index in [1.807, 2.05) is 0 Å². The molecule has 166 valence electrons. The zero-order chi connectivity index (χ0) is 22.0. The Hall–Kier alpha value is -1.88. The van der Waals surface area contributed by atoms with Crippen LogP contribution in [0.25, 0.3) is 0 Å². The molecule has 0 spiro atoms. The molecule has 10 heteroatoms. The standard InChI is InChI=1S/C21H24N2O5S3/c1-2-28-20(25)17-16-6-5-13-29-21(16)30-19(17)22-18(24)14-7-9-15(10-8-14)31(26,27)23-11-3-4-12-23/h7-10H,2-6,11-13H2,1H3,(H,22,24). The van der Waals surface area contributed by atoms with Gasteiger partial charge in [0.25, 0.3) is 5.91 Å². The van der Waals surface area contributed by atoms with Gasteiger partial charge in [-0.05, 0) is 68.2 Å². The molecule has 0 atom stereocenters. The van der Waals surface area contributed by atoms with E-state index in [0.29, 0.717) is 29.2 Å². The third-order valence-electron chi connectivity index (χ3n) is 5.30. The van der Waals surface area contributed by atoms with Gasteiger partial charge in [0.1, 0.15) is 5.00 Å². The lowest BCUT2D eigenvalue weighted by atomic mass is 10.1. The van der Waals surface area contributed by atoms with Gasteiger partial charge in [-0.3, -0.25) is 4.79 Å². The second-order valence-electron chi connectivity index (χ2n) is 7.33. The summed E-state index contributed by atoms with van der Waals surface area (Å²) in [5, 5.41) is 3.33. The minimum absolute atomic E-state index is 0.182. The van der Waals surface area contributed by atoms with Crippen LogP contribution in [0.4, 0.5) is 5.00 Å². The van der Waals surface area contributed by atoms with Gasteiger partial charge in [0.05, 0.1) is 21.3 Å². The molecule has 0 unspecified atom stereocenters. The summed E-state index contributed by atoms with van der Waals surface area (Å²) in [6.07, 6.45) is 3.49. The third-order valence-corrected chi connectivity index (χ3v) is 9.76. The zero-order valence-corrected chi connectivity index (χ0v) is 19.6. The molecule has 7 nitrogen and oxygen atoms in total. The maximum absolute atomic E-state index is 12.9. The molecule has 1 aromatic heterocycles. The van der Waals surface area contributed by atoms with E-state index < -0.39 is 16.0 Å². The Bertz CT molecular complexity index is 1090. The molecule has 2 aromatic rings. The van der Waals surface area contributed by atoms with Crippen LogP contribution in [-0.4, -0.2) is 50.0 Å². The number of nitrogens with one attached hydrogen (secondary N) is 1. The Balaban J connectivity index is 1.56. The summed E-state index contributed by atoms with van der Waals surface area (Å²) in [7, 11) is -3.53. The summed E-state index contributed by atoms with van der Waals surface area (Å²) < 4.78 is 33.1. The summed E-state index contributed by atoms with van der Waals surface area (Å²) in [6, 6.07) is 5.93. The highest BCUT2D eigenvalue weighted by atomic mass is 32.2. The number of fused-ring (bicyclic) bond motifs is 1. The number of nitrogens with zero attached hydrogens (tertiary/aromatic N) is 1. The molecule has 1 amide bonds. The molecule has 0 bridgehead atoms. The normalized spacial score (nSPS) is 16.7. The van der Waals surface area contributed by atoms with Gasteiger partial charge < -0.3 is 10.1 Å². The lowest BCUT2D eigenvalue weighted by Crippen LogP contribution is -2.27. The van der Waals surface area contributed by atoms with Crippen molar-refractivity contribution < 1.29 is 22.7 Å². The fourth-order valence-electron chi connectivity index (χ4n) is 3.74. The number of anilines is 1. The molecule has 0 radical (unpaired) electrons. The van der Waals surface area contributed by atoms with Crippen LogP contribution in [0.2, 0.25) is 0 Å². The number of benzene rings is 1. The molecule has 2 aliphatic heterocycles. The van der Waals surface area contributed by atoms with Crippen LogP contribution >= 0.6 is 23.1 Å². The van der Waals surface area contributed by atoms with Crippen LogP contribution in [0.15, 0.2) is 33.4 Å². The minimum atomic E-state index is -3.53. The highest BCUT2D eigenvalue weighted by molar-refractivity contribution is 8.01. The molecule has 0 saturated carbocycles. The van der Waals surface area contributed by atoms with Crippen LogP contribution in [0.1, 0.15) is 52.5 Å². The fraction of sp³-hybridized carbons (Fsp3) is 0.429. The van der Waals surface area contributed by atoms with E-state index in [4.69, 9.17) is 4.74 Å². The number of carbonyl (C=O) groups is 2. The third kappa shape index (κ3) is 4.52. The van der Waals surface area contributed by atoms with Crippen LogP contribution < -0.4 is 5.32 Å². The van der Waals surface area contributed by atoms with Gasteiger partial charge in [-0.2, -0.15) is 4.31 Å². The predicted octanol–water partition coefficient (Wildman–Crippen LogP) is 4.00. The van der Waals surface area contributed by atoms with Crippen LogP contribution in [0, 0.1) is 0 Å². The fourth-order valence-corrected chi connectivity index (χ4v) is 7.81. The molecule has 4 rings (SSSR count). The van der Waals surface area contributed by atoms with Crippen molar-refractivity contribution in [1.82, 2.24) is 4.31 Å². The van der Waals surface area contributed by atoms with Gasteiger partial charge in [-0.1, -0.05) is 0 Å². The van der Waals surface area contributed by atoms with Crippen LogP contribution in [-0.2, 0) is 21.2 Å². The first kappa shape index (κ1) is 22.3. The number of thioether (sulfide) groups is 1. The van der Waals surface area contributed by atoms with Crippen molar-refractivity contribution in [3.05, 3.63) is 41.0 Å². The van der Waals surface area contributed by atoms with Crippen molar-refractivity contribution >= 4 is 50.0 Å². The van der Waals surface area contributed by atoms with Gasteiger partial charge in [0, 0.05) is 18.7 Å². The van der Waals surface area contributed by atoms with Crippen molar-refractivity contribution in [3.63, 3.8) is 0 Å². The SMILES string of the molecule is CCOC(=O)c1c(NC(=O)c2ccc(S(=O)(=O)N3CCCC3)cc2)sc2c1CCCS2. The Morgan fingerprint density at radius 1 is 1.13 bits per heavy atom. The maximum atomic E-state index is 12.9. The second-order valence-corrected chi connectivity index (χ2v) is 11.7. The minimum Gasteiger partial charge on any atom is -0.462 e. The molecule has 31 heavy (non-hydrogen) atoms. The lowest BCUT2D eigenvalue weighted by Gasteiger charge is -2.15. The largest absolute Gasteiger partial charge is 0.462 e. The monoisotopic (exact) mass is 480 g/mol. The number of thiophene rings is 1. The Morgan fingerprint density at radius 2 is 1.84 bits per heavy atom. The first-order valence-corrected chi connectivity index (χ1v) is 13.5. The number of ether oxygens (including phenoxy) is 1. The Morgan fingerprint density at radius 3 is 2.52 bits per heavy atom. The molecule has 3 heterocycles. The average Bonchev–Trinajstić information content (AvgIpc) is 3.42. The molecular weight excluding hydrogens is 456 g/mol. The Kier molecular flexibility index (Phi) is 6.71. The number of sulfonamides is 1. The first-order valence-electron chi connectivity index (χ1n) is 10.3. The number of carbonyl (C=O) groups excluding carboxylic acids is 2. The van der Waals surface area contributed by atoms with Gasteiger partial charge in [-0.25, -0.2) is 13.2 Å². The Labute approximate surface area is 190 Å². The highest BCUT2D eigenvalue weighted by Gasteiger charge is 2.29. The van der Waals surface area contributed by atoms with E-state index in [2.05, 4.69) is 5.32 Å². The topological polar surface area (TPSA) is 92.8 Å². The quantitative estimate of drug-likeness (QED) is 0.628. The van der Waals surface area contributed by atoms with E-state index in [1.165, 1.54) is 39.9 Å². The molecular formula is C21H24N2O5S3. The predicted molar refractivity (Wildman–Crippen MR) is 122 cm³/mol. The molecule has 0 aliphatic carbocycles. The lowest BCUT2D eigenvalue weighted by molar-refractivity contribution is 0.0526. The van der Waals surface area contributed by atoms with E-state index in [9.17, 15) is 18.0 Å². The van der Waals surface area contributed by atoms with Crippen molar-refractivity contribution in [3.8, 4) is 0 Å². The number of rotatable bonds is 6. The van der Waals surface area contributed by atoms with Crippen molar-refractivity contribution in [2.24, 2.45) is 0 Å². The second kappa shape index (κ2) is 9.32. The molecule has 1 saturated heterocycles. The number of hydrogen-bond donors (Lipinski definition) is 1. The summed E-state index contributed by atoms with van der Waals surface area (Å²) in [4.78, 5) is 25.6. The van der Waals surface area contributed by atoms with Crippen molar-refractivity contribution in [2.75, 3.05) is 30.8 Å². The van der Waals surface area contributed by atoms with Gasteiger partial charge in [-0.15, -0.1) is 23.1 Å². The summed E-state index contributed by atoms with van der Waals surface area (Å²) in [5.74, 6) is 0.167. The number of esters is 1. The summed E-state index contributed by atoms with van der Waals surface area (Å²) in [6.45, 7) is 3.07. The van der Waals surface area contributed by atoms with Gasteiger partial charge in [0.15, 0.2) is 0 Å². The summed E-state index contributed by atoms with van der Waals surface area (Å²) in [5.41, 5.74) is 1.71. The first-order chi connectivity index (χ1) is 14.9. The number of amides is 1. The summed E-state index contributed by atoms with van der Waals surface area (Å²) >= 11 is 3.08. The van der Waals surface area contributed by atoms with Gasteiger partial charge in [0.2, 0.25) is 10.0 Å². The highest BCUT2D eigenvalue weighted by Crippen LogP contribution is 2.44. The molecule has 2 aliphatic rings. The average molecular weight is 481 g/mol. The van der Waals surface area contributed by atoms with Crippen molar-refractivity contribution in [2.45, 2.75) is 41.7 Å².